The number of ether oxygens (including phenoxy) is 1. The lowest BCUT2D eigenvalue weighted by molar-refractivity contribution is -0.186. The van der Waals surface area contributed by atoms with Gasteiger partial charge < -0.3 is 9.84 Å². The minimum atomic E-state index is -3.13. The Labute approximate surface area is 170 Å². The summed E-state index contributed by atoms with van der Waals surface area (Å²) >= 11 is 0. The maximum atomic E-state index is 16.6. The van der Waals surface area contributed by atoms with Gasteiger partial charge in [-0.2, -0.15) is 5.10 Å². The second-order valence-electron chi connectivity index (χ2n) is 6.76. The first-order valence-corrected chi connectivity index (χ1v) is 9.20. The van der Waals surface area contributed by atoms with Crippen molar-refractivity contribution in [3.8, 4) is 0 Å². The molecule has 0 bridgehead atoms. The Hall–Kier alpha value is -3.20. The van der Waals surface area contributed by atoms with Gasteiger partial charge in [-0.05, 0) is 18.6 Å². The number of halogens is 3. The maximum Gasteiger partial charge on any atom is 0.347 e. The van der Waals surface area contributed by atoms with E-state index >= 15 is 4.39 Å². The first-order valence-electron chi connectivity index (χ1n) is 9.20. The molecule has 0 spiro atoms. The van der Waals surface area contributed by atoms with Crippen molar-refractivity contribution >= 4 is 5.97 Å². The summed E-state index contributed by atoms with van der Waals surface area (Å²) in [5.74, 6) is -3.50. The minimum absolute atomic E-state index is 0.162. The number of carbonyl (C=O) groups excluding carboxylic acids is 1. The molecule has 158 valence electrons. The summed E-state index contributed by atoms with van der Waals surface area (Å²) < 4.78 is 50.8. The van der Waals surface area contributed by atoms with Gasteiger partial charge in [0.1, 0.15) is 24.3 Å². The van der Waals surface area contributed by atoms with Gasteiger partial charge in [0, 0.05) is 18.1 Å². The van der Waals surface area contributed by atoms with E-state index in [1.54, 1.807) is 30.3 Å². The second kappa shape index (κ2) is 8.66. The highest BCUT2D eigenvalue weighted by Crippen LogP contribution is 2.42. The molecule has 0 aliphatic carbocycles. The van der Waals surface area contributed by atoms with Gasteiger partial charge in [0.2, 0.25) is 5.67 Å². The van der Waals surface area contributed by atoms with Crippen LogP contribution in [0.25, 0.3) is 0 Å². The Bertz CT molecular complexity index is 1000. The average molecular weight is 419 g/mol. The molecule has 1 N–H and O–H groups in total. The molecule has 0 saturated heterocycles. The van der Waals surface area contributed by atoms with Crippen LogP contribution < -0.4 is 0 Å². The first kappa shape index (κ1) is 21.5. The van der Waals surface area contributed by atoms with Gasteiger partial charge in [0.25, 0.3) is 0 Å². The lowest BCUT2D eigenvalue weighted by Gasteiger charge is -2.40. The third kappa shape index (κ3) is 4.06. The number of benzene rings is 2. The van der Waals surface area contributed by atoms with E-state index in [0.29, 0.717) is 11.6 Å². The van der Waals surface area contributed by atoms with Gasteiger partial charge in [0.15, 0.2) is 5.60 Å². The molecule has 6 nitrogen and oxygen atoms in total. The maximum absolute atomic E-state index is 16.6. The molecule has 3 rings (SSSR count). The molecule has 0 aliphatic heterocycles. The summed E-state index contributed by atoms with van der Waals surface area (Å²) in [6, 6.07) is 10.4. The van der Waals surface area contributed by atoms with E-state index in [1.807, 2.05) is 0 Å². The smallest absolute Gasteiger partial charge is 0.347 e. The number of hydrogen-bond donors (Lipinski definition) is 1. The van der Waals surface area contributed by atoms with Crippen LogP contribution in [0.15, 0.2) is 61.2 Å². The summed E-state index contributed by atoms with van der Waals surface area (Å²) in [5, 5.41) is 15.4. The Balaban J connectivity index is 2.20. The SMILES string of the molecule is CCOC(=O)C(F)(Cc1ccccc1)C(O)(Cn1cncn1)c1ccc(F)cc1F. The van der Waals surface area contributed by atoms with E-state index in [9.17, 15) is 18.7 Å². The molecule has 0 saturated carbocycles. The molecule has 2 unspecified atom stereocenters. The number of aromatic nitrogens is 3. The fourth-order valence-corrected chi connectivity index (χ4v) is 3.31. The monoisotopic (exact) mass is 419 g/mol. The fourth-order valence-electron chi connectivity index (χ4n) is 3.31. The third-order valence-corrected chi connectivity index (χ3v) is 4.78. The van der Waals surface area contributed by atoms with Crippen LogP contribution in [-0.4, -0.2) is 38.1 Å². The molecule has 0 amide bonds. The topological polar surface area (TPSA) is 77.2 Å². The third-order valence-electron chi connectivity index (χ3n) is 4.78. The normalized spacial score (nSPS) is 15.2. The summed E-state index contributed by atoms with van der Waals surface area (Å²) in [4.78, 5) is 16.5. The van der Waals surface area contributed by atoms with Crippen molar-refractivity contribution in [2.24, 2.45) is 0 Å². The van der Waals surface area contributed by atoms with Crippen LogP contribution in [0.5, 0.6) is 0 Å². The number of esters is 1. The second-order valence-corrected chi connectivity index (χ2v) is 6.76. The van der Waals surface area contributed by atoms with Gasteiger partial charge in [-0.1, -0.05) is 36.4 Å². The molecular formula is C21H20F3N3O3. The van der Waals surface area contributed by atoms with Crippen LogP contribution in [0, 0.1) is 11.6 Å². The Morgan fingerprint density at radius 3 is 2.53 bits per heavy atom. The van der Waals surface area contributed by atoms with Crippen molar-refractivity contribution in [3.63, 3.8) is 0 Å². The summed E-state index contributed by atoms with van der Waals surface area (Å²) in [5.41, 5.74) is -6.16. The van der Waals surface area contributed by atoms with E-state index < -0.39 is 47.4 Å². The van der Waals surface area contributed by atoms with Gasteiger partial charge in [-0.3, -0.25) is 0 Å². The molecule has 0 radical (unpaired) electrons. The Kier molecular flexibility index (Phi) is 6.21. The number of carbonyl (C=O) groups is 1. The minimum Gasteiger partial charge on any atom is -0.464 e. The van der Waals surface area contributed by atoms with Crippen LogP contribution in [0.4, 0.5) is 13.2 Å². The van der Waals surface area contributed by atoms with E-state index in [0.717, 1.165) is 23.1 Å². The molecule has 9 heteroatoms. The van der Waals surface area contributed by atoms with E-state index in [1.165, 1.54) is 13.3 Å². The van der Waals surface area contributed by atoms with Crippen molar-refractivity contribution in [1.82, 2.24) is 14.8 Å². The van der Waals surface area contributed by atoms with Crippen LogP contribution in [0.2, 0.25) is 0 Å². The highest BCUT2D eigenvalue weighted by Gasteiger charge is 2.60. The van der Waals surface area contributed by atoms with Gasteiger partial charge in [-0.15, -0.1) is 0 Å². The van der Waals surface area contributed by atoms with Crippen LogP contribution >= 0.6 is 0 Å². The van der Waals surface area contributed by atoms with Crippen LogP contribution in [0.3, 0.4) is 0 Å². The largest absolute Gasteiger partial charge is 0.464 e. The predicted octanol–water partition coefficient (Wildman–Crippen LogP) is 2.96. The predicted molar refractivity (Wildman–Crippen MR) is 101 cm³/mol. The van der Waals surface area contributed by atoms with E-state index in [4.69, 9.17) is 4.74 Å². The molecule has 2 atom stereocenters. The molecule has 1 heterocycles. The molecule has 1 aromatic heterocycles. The van der Waals surface area contributed by atoms with Crippen molar-refractivity contribution in [1.29, 1.82) is 0 Å². The number of rotatable bonds is 8. The van der Waals surface area contributed by atoms with Crippen molar-refractivity contribution in [3.05, 3.63) is 83.9 Å². The highest BCUT2D eigenvalue weighted by molar-refractivity contribution is 5.82. The van der Waals surface area contributed by atoms with Crippen molar-refractivity contribution in [2.75, 3.05) is 6.61 Å². The summed E-state index contributed by atoms with van der Waals surface area (Å²) in [6.07, 6.45) is 1.71. The zero-order valence-electron chi connectivity index (χ0n) is 16.1. The zero-order valence-corrected chi connectivity index (χ0v) is 16.1. The lowest BCUT2D eigenvalue weighted by Crippen LogP contribution is -2.58. The Morgan fingerprint density at radius 2 is 1.93 bits per heavy atom. The first-order chi connectivity index (χ1) is 14.3. The standard InChI is InChI=1S/C21H20F3N3O3/c1-2-30-19(28)20(24,11-15-6-4-3-5-7-15)21(29,12-27-14-25-13-26-27)17-9-8-16(22)10-18(17)23/h3-10,13-14,29H,2,11-12H2,1H3. The Morgan fingerprint density at radius 1 is 1.20 bits per heavy atom. The number of nitrogens with zero attached hydrogens (tertiary/aromatic N) is 3. The van der Waals surface area contributed by atoms with Crippen LogP contribution in [-0.2, 0) is 28.1 Å². The van der Waals surface area contributed by atoms with Gasteiger partial charge in [-0.25, -0.2) is 27.6 Å². The van der Waals surface area contributed by atoms with E-state index in [2.05, 4.69) is 10.1 Å². The number of alkyl halides is 1. The molecule has 0 fully saturated rings. The van der Waals surface area contributed by atoms with E-state index in [-0.39, 0.29) is 6.61 Å². The fraction of sp³-hybridized carbons (Fsp3) is 0.286. The number of aliphatic hydroxyl groups is 1. The lowest BCUT2D eigenvalue weighted by atomic mass is 9.74. The highest BCUT2D eigenvalue weighted by atomic mass is 19.1. The molecular weight excluding hydrogens is 399 g/mol. The van der Waals surface area contributed by atoms with Gasteiger partial charge in [0.05, 0.1) is 13.2 Å². The molecule has 3 aromatic rings. The van der Waals surface area contributed by atoms with Crippen molar-refractivity contribution in [2.45, 2.75) is 31.2 Å². The summed E-state index contributed by atoms with van der Waals surface area (Å²) in [7, 11) is 0. The number of hydrogen-bond acceptors (Lipinski definition) is 5. The summed E-state index contributed by atoms with van der Waals surface area (Å²) in [6.45, 7) is 0.651. The molecule has 0 aliphatic rings. The quantitative estimate of drug-likeness (QED) is 0.568. The molecule has 2 aromatic carbocycles. The van der Waals surface area contributed by atoms with Gasteiger partial charge >= 0.3 is 5.97 Å². The average Bonchev–Trinajstić information content (AvgIpc) is 3.21. The zero-order chi connectivity index (χ0) is 21.8. The van der Waals surface area contributed by atoms with Crippen molar-refractivity contribution < 1.29 is 27.8 Å². The molecule has 30 heavy (non-hydrogen) atoms. The van der Waals surface area contributed by atoms with Crippen LogP contribution in [0.1, 0.15) is 18.1 Å².